The number of sulfonamides is 1. The van der Waals surface area contributed by atoms with Crippen LogP contribution in [0.3, 0.4) is 0 Å². The number of carbonyl (C=O) groups is 1. The lowest BCUT2D eigenvalue weighted by Crippen LogP contribution is -2.52. The predicted molar refractivity (Wildman–Crippen MR) is 103 cm³/mol. The average molecular weight is 409 g/mol. The number of benzene rings is 2. The smallest absolute Gasteiger partial charge is 0.241 e. The van der Waals surface area contributed by atoms with Crippen LogP contribution < -0.4 is 4.72 Å². The van der Waals surface area contributed by atoms with Gasteiger partial charge in [-0.05, 0) is 36.2 Å². The topological polar surface area (TPSA) is 75.7 Å². The molecule has 144 valence electrons. The summed E-state index contributed by atoms with van der Waals surface area (Å²) in [5.74, 6) is -0.250. The third-order valence-electron chi connectivity index (χ3n) is 4.32. The SMILES string of the molecule is O=C(C(Cc1ccccc1)NS(=O)(=O)c1ccc(Cl)cc1)N1CCOCC1. The fourth-order valence-corrected chi connectivity index (χ4v) is 4.22. The van der Waals surface area contributed by atoms with Crippen molar-refractivity contribution in [2.45, 2.75) is 17.4 Å². The zero-order valence-corrected chi connectivity index (χ0v) is 16.2. The van der Waals surface area contributed by atoms with E-state index in [4.69, 9.17) is 16.3 Å². The second-order valence-corrected chi connectivity index (χ2v) is 8.41. The first-order valence-electron chi connectivity index (χ1n) is 8.64. The van der Waals surface area contributed by atoms with E-state index in [1.165, 1.54) is 24.3 Å². The maximum Gasteiger partial charge on any atom is 0.241 e. The zero-order chi connectivity index (χ0) is 19.3. The number of nitrogens with zero attached hydrogens (tertiary/aromatic N) is 1. The van der Waals surface area contributed by atoms with Crippen molar-refractivity contribution >= 4 is 27.5 Å². The summed E-state index contributed by atoms with van der Waals surface area (Å²) in [5, 5.41) is 0.444. The van der Waals surface area contributed by atoms with Gasteiger partial charge in [0.15, 0.2) is 0 Å². The minimum absolute atomic E-state index is 0.0692. The van der Waals surface area contributed by atoms with Crippen LogP contribution in [-0.4, -0.2) is 51.6 Å². The van der Waals surface area contributed by atoms with E-state index < -0.39 is 16.1 Å². The van der Waals surface area contributed by atoms with E-state index in [-0.39, 0.29) is 17.2 Å². The molecular weight excluding hydrogens is 388 g/mol. The van der Waals surface area contributed by atoms with Gasteiger partial charge in [0.1, 0.15) is 6.04 Å². The van der Waals surface area contributed by atoms with Crippen LogP contribution >= 0.6 is 11.6 Å². The van der Waals surface area contributed by atoms with Crippen molar-refractivity contribution in [2.24, 2.45) is 0 Å². The number of carbonyl (C=O) groups excluding carboxylic acids is 1. The minimum atomic E-state index is -3.87. The Bertz CT molecular complexity index is 866. The molecular formula is C19H21ClN2O4S. The van der Waals surface area contributed by atoms with Gasteiger partial charge in [0.2, 0.25) is 15.9 Å². The van der Waals surface area contributed by atoms with Crippen LogP contribution in [0.5, 0.6) is 0 Å². The van der Waals surface area contributed by atoms with E-state index in [0.717, 1.165) is 5.56 Å². The highest BCUT2D eigenvalue weighted by atomic mass is 35.5. The van der Waals surface area contributed by atoms with E-state index in [2.05, 4.69) is 4.72 Å². The number of ether oxygens (including phenoxy) is 1. The van der Waals surface area contributed by atoms with Gasteiger partial charge >= 0.3 is 0 Å². The Balaban J connectivity index is 1.84. The Morgan fingerprint density at radius 3 is 2.33 bits per heavy atom. The fraction of sp³-hybridized carbons (Fsp3) is 0.316. The molecule has 3 rings (SSSR count). The van der Waals surface area contributed by atoms with Crippen LogP contribution in [0.15, 0.2) is 59.5 Å². The molecule has 27 heavy (non-hydrogen) atoms. The molecule has 6 nitrogen and oxygen atoms in total. The molecule has 1 atom stereocenters. The van der Waals surface area contributed by atoms with Gasteiger partial charge in [-0.1, -0.05) is 41.9 Å². The molecule has 0 saturated carbocycles. The van der Waals surface area contributed by atoms with Crippen molar-refractivity contribution in [3.8, 4) is 0 Å². The number of nitrogens with one attached hydrogen (secondary N) is 1. The summed E-state index contributed by atoms with van der Waals surface area (Å²) >= 11 is 5.84. The summed E-state index contributed by atoms with van der Waals surface area (Å²) in [6.45, 7) is 1.81. The normalized spacial score (nSPS) is 16.1. The van der Waals surface area contributed by atoms with E-state index in [1.54, 1.807) is 4.90 Å². The first-order chi connectivity index (χ1) is 13.0. The fourth-order valence-electron chi connectivity index (χ4n) is 2.90. The second kappa shape index (κ2) is 8.84. The second-order valence-electron chi connectivity index (χ2n) is 6.26. The summed E-state index contributed by atoms with van der Waals surface area (Å²) in [6.07, 6.45) is 0.268. The molecule has 1 heterocycles. The Morgan fingerprint density at radius 1 is 1.07 bits per heavy atom. The Hall–Kier alpha value is -1.93. The van der Waals surface area contributed by atoms with Crippen LogP contribution in [0.4, 0.5) is 0 Å². The van der Waals surface area contributed by atoms with Crippen LogP contribution in [0.1, 0.15) is 5.56 Å². The molecule has 0 radical (unpaired) electrons. The van der Waals surface area contributed by atoms with Gasteiger partial charge in [-0.3, -0.25) is 4.79 Å². The number of rotatable bonds is 6. The molecule has 0 aromatic heterocycles. The molecule has 1 saturated heterocycles. The van der Waals surface area contributed by atoms with E-state index in [9.17, 15) is 13.2 Å². The largest absolute Gasteiger partial charge is 0.378 e. The molecule has 1 fully saturated rings. The molecule has 0 aliphatic carbocycles. The molecule has 1 N–H and O–H groups in total. The van der Waals surface area contributed by atoms with Crippen molar-refractivity contribution in [1.82, 2.24) is 9.62 Å². The lowest BCUT2D eigenvalue weighted by Gasteiger charge is -2.30. The van der Waals surface area contributed by atoms with Gasteiger partial charge < -0.3 is 9.64 Å². The molecule has 2 aromatic rings. The van der Waals surface area contributed by atoms with Crippen molar-refractivity contribution in [3.63, 3.8) is 0 Å². The van der Waals surface area contributed by atoms with Gasteiger partial charge in [0.05, 0.1) is 18.1 Å². The van der Waals surface area contributed by atoms with Crippen LogP contribution in [0.25, 0.3) is 0 Å². The minimum Gasteiger partial charge on any atom is -0.378 e. The van der Waals surface area contributed by atoms with Crippen LogP contribution in [-0.2, 0) is 26.0 Å². The highest BCUT2D eigenvalue weighted by Crippen LogP contribution is 2.16. The third kappa shape index (κ3) is 5.29. The molecule has 1 unspecified atom stereocenters. The first kappa shape index (κ1) is 19.8. The van der Waals surface area contributed by atoms with E-state index in [1.807, 2.05) is 30.3 Å². The van der Waals surface area contributed by atoms with E-state index >= 15 is 0 Å². The monoisotopic (exact) mass is 408 g/mol. The van der Waals surface area contributed by atoms with Gasteiger partial charge in [0, 0.05) is 18.1 Å². The highest BCUT2D eigenvalue weighted by Gasteiger charge is 2.30. The van der Waals surface area contributed by atoms with Crippen molar-refractivity contribution in [1.29, 1.82) is 0 Å². The third-order valence-corrected chi connectivity index (χ3v) is 6.06. The molecule has 2 aromatic carbocycles. The summed E-state index contributed by atoms with van der Waals surface area (Å²) in [7, 11) is -3.87. The predicted octanol–water partition coefficient (Wildman–Crippen LogP) is 2.09. The lowest BCUT2D eigenvalue weighted by molar-refractivity contribution is -0.137. The van der Waals surface area contributed by atoms with E-state index in [0.29, 0.717) is 31.3 Å². The standard InChI is InChI=1S/C19H21ClN2O4S/c20-16-6-8-17(9-7-16)27(24,25)21-18(14-15-4-2-1-3-5-15)19(23)22-10-12-26-13-11-22/h1-9,18,21H,10-14H2. The van der Waals surface area contributed by atoms with Gasteiger partial charge in [0.25, 0.3) is 0 Å². The number of hydrogen-bond acceptors (Lipinski definition) is 4. The number of morpholine rings is 1. The summed E-state index contributed by atoms with van der Waals surface area (Å²) in [4.78, 5) is 14.7. The first-order valence-corrected chi connectivity index (χ1v) is 10.5. The van der Waals surface area contributed by atoms with Gasteiger partial charge in [-0.25, -0.2) is 8.42 Å². The summed E-state index contributed by atoms with van der Waals surface area (Å²) < 4.78 is 33.4. The number of halogens is 1. The van der Waals surface area contributed by atoms with Crippen molar-refractivity contribution < 1.29 is 17.9 Å². The Labute approximate surface area is 164 Å². The molecule has 0 spiro atoms. The van der Waals surface area contributed by atoms with Crippen molar-refractivity contribution in [2.75, 3.05) is 26.3 Å². The lowest BCUT2D eigenvalue weighted by atomic mass is 10.1. The zero-order valence-electron chi connectivity index (χ0n) is 14.7. The maximum atomic E-state index is 13.0. The molecule has 0 bridgehead atoms. The Morgan fingerprint density at radius 2 is 1.70 bits per heavy atom. The number of amides is 1. The molecule has 8 heteroatoms. The van der Waals surface area contributed by atoms with Crippen LogP contribution in [0.2, 0.25) is 5.02 Å². The maximum absolute atomic E-state index is 13.0. The molecule has 1 aliphatic heterocycles. The van der Waals surface area contributed by atoms with Crippen LogP contribution in [0, 0.1) is 0 Å². The molecule has 1 aliphatic rings. The van der Waals surface area contributed by atoms with Crippen molar-refractivity contribution in [3.05, 3.63) is 65.2 Å². The summed E-state index contributed by atoms with van der Waals surface area (Å²) in [6, 6.07) is 14.3. The Kier molecular flexibility index (Phi) is 6.49. The quantitative estimate of drug-likeness (QED) is 0.794. The highest BCUT2D eigenvalue weighted by molar-refractivity contribution is 7.89. The van der Waals surface area contributed by atoms with Gasteiger partial charge in [-0.15, -0.1) is 0 Å². The summed E-state index contributed by atoms with van der Waals surface area (Å²) in [5.41, 5.74) is 0.878. The number of hydrogen-bond donors (Lipinski definition) is 1. The average Bonchev–Trinajstić information content (AvgIpc) is 2.68. The van der Waals surface area contributed by atoms with Gasteiger partial charge in [-0.2, -0.15) is 4.72 Å². The molecule has 1 amide bonds.